The highest BCUT2D eigenvalue weighted by Gasteiger charge is 2.34. The molecule has 8 rings (SSSR count). The second-order valence-electron chi connectivity index (χ2n) is 14.5. The van der Waals surface area contributed by atoms with Gasteiger partial charge in [-0.2, -0.15) is 5.10 Å². The van der Waals surface area contributed by atoms with Gasteiger partial charge in [0.2, 0.25) is 5.91 Å². The average molecular weight is 815 g/mol. The molecule has 0 unspecified atom stereocenters. The summed E-state index contributed by atoms with van der Waals surface area (Å²) in [5.41, 5.74) is 11.5. The molecule has 6 aromatic rings. The summed E-state index contributed by atoms with van der Waals surface area (Å²) in [5, 5.41) is 8.90. The Kier molecular flexibility index (Phi) is 13.5. The van der Waals surface area contributed by atoms with Crippen molar-refractivity contribution >= 4 is 57.9 Å². The second kappa shape index (κ2) is 18.1. The zero-order valence-corrected chi connectivity index (χ0v) is 33.8. The summed E-state index contributed by atoms with van der Waals surface area (Å²) in [4.78, 5) is 48.1. The maximum atomic E-state index is 12.5. The summed E-state index contributed by atoms with van der Waals surface area (Å²) < 4.78 is 9.19. The van der Waals surface area contributed by atoms with Crippen molar-refractivity contribution in [3.63, 3.8) is 0 Å². The molecule has 300 valence electrons. The number of carbonyl (C=O) groups excluding carboxylic acids is 2. The Labute approximate surface area is 342 Å². The molecule has 0 saturated heterocycles. The van der Waals surface area contributed by atoms with E-state index in [1.807, 2.05) is 43.5 Å². The van der Waals surface area contributed by atoms with E-state index in [-0.39, 0.29) is 13.3 Å². The van der Waals surface area contributed by atoms with Crippen LogP contribution in [0.1, 0.15) is 77.4 Å². The molecule has 6 aromatic heterocycles. The van der Waals surface area contributed by atoms with E-state index in [0.29, 0.717) is 46.2 Å². The van der Waals surface area contributed by atoms with E-state index in [1.54, 1.807) is 55.9 Å². The molecule has 0 bridgehead atoms. The monoisotopic (exact) mass is 813 g/mol. The summed E-state index contributed by atoms with van der Waals surface area (Å²) in [6, 6.07) is 10.6. The highest BCUT2D eigenvalue weighted by atomic mass is 35.5. The lowest BCUT2D eigenvalue weighted by atomic mass is 10.0. The van der Waals surface area contributed by atoms with Crippen molar-refractivity contribution < 1.29 is 14.3 Å². The van der Waals surface area contributed by atoms with Gasteiger partial charge in [0.15, 0.2) is 5.65 Å². The fraction of sp³-hybridized carbons (Fsp3) is 0.366. The van der Waals surface area contributed by atoms with Gasteiger partial charge in [-0.1, -0.05) is 37.6 Å². The number of hydrogen-bond acceptors (Lipinski definition) is 10. The molecular formula is C41H49Cl2N11O3. The molecule has 3 N–H and O–H groups in total. The Balaban J connectivity index is 0.000000214. The third kappa shape index (κ3) is 10.8. The van der Waals surface area contributed by atoms with Crippen molar-refractivity contribution in [2.75, 3.05) is 17.6 Å². The van der Waals surface area contributed by atoms with E-state index in [2.05, 4.69) is 42.9 Å². The number of nitrogens with zero attached hydrogens (tertiary/aromatic N) is 9. The number of fused-ring (bicyclic) bond motifs is 2. The summed E-state index contributed by atoms with van der Waals surface area (Å²) in [5.74, 6) is 2.73. The van der Waals surface area contributed by atoms with Crippen LogP contribution in [-0.2, 0) is 29.7 Å². The van der Waals surface area contributed by atoms with E-state index in [4.69, 9.17) is 43.6 Å². The van der Waals surface area contributed by atoms with Gasteiger partial charge in [0.05, 0.1) is 29.8 Å². The van der Waals surface area contributed by atoms with Crippen LogP contribution in [0.5, 0.6) is 0 Å². The van der Waals surface area contributed by atoms with E-state index in [1.165, 1.54) is 24.9 Å². The van der Waals surface area contributed by atoms with Crippen molar-refractivity contribution in [3.8, 4) is 22.5 Å². The predicted octanol–water partition coefficient (Wildman–Crippen LogP) is 8.87. The standard InChI is InChI=1S/C25H27N7O.C10H13ClN2O2.C5H5ClN2.CH4/c1-4-21(33)31-9-10-32-20(14-31)23(29-25(32)16-5-6-16)18-7-8-26-24-19(18)11-15(2)22(28-24)17-12-27-30(3)13-17;1-10(2,3)15-9(14)13-8-6-7(11)4-5-12-8;6-4-1-2-8-5(7)3-4;/h7-8,11-13,16H,4-6,9-10,14H2,1-3H3;4-6H,1-3H3,(H,12,13,14);1-3H,(H2,7,8);1H4. The SMILES string of the molecule is C.CC(C)(C)OC(=O)Nc1cc(Cl)ccn1.CCC(=O)N1CCn2c(C3CC3)nc(-c3ccnc4nc(-c5cnn(C)c5)c(C)cc34)c2C1.Nc1cc(Cl)ccn1. The number of aryl methyl sites for hydroxylation is 2. The molecule has 2 aliphatic rings. The highest BCUT2D eigenvalue weighted by Crippen LogP contribution is 2.43. The molecule has 1 fully saturated rings. The minimum absolute atomic E-state index is 0. The number of rotatable bonds is 5. The van der Waals surface area contributed by atoms with Gasteiger partial charge in [-0.25, -0.2) is 29.7 Å². The predicted molar refractivity (Wildman–Crippen MR) is 225 cm³/mol. The molecule has 0 spiro atoms. The third-order valence-electron chi connectivity index (χ3n) is 8.88. The Bertz CT molecular complexity index is 2350. The van der Waals surface area contributed by atoms with Crippen LogP contribution in [0.2, 0.25) is 10.0 Å². The molecule has 1 aliphatic carbocycles. The highest BCUT2D eigenvalue weighted by molar-refractivity contribution is 6.31. The van der Waals surface area contributed by atoms with Crippen LogP contribution >= 0.6 is 23.2 Å². The Morgan fingerprint density at radius 1 is 0.965 bits per heavy atom. The van der Waals surface area contributed by atoms with Gasteiger partial charge in [-0.3, -0.25) is 14.8 Å². The van der Waals surface area contributed by atoms with Gasteiger partial charge in [-0.15, -0.1) is 0 Å². The van der Waals surface area contributed by atoms with Crippen LogP contribution in [0.3, 0.4) is 0 Å². The molecule has 0 radical (unpaired) electrons. The summed E-state index contributed by atoms with van der Waals surface area (Å²) in [6.07, 6.45) is 11.1. The Hall–Kier alpha value is -5.60. The van der Waals surface area contributed by atoms with Crippen molar-refractivity contribution in [1.82, 2.24) is 44.2 Å². The number of nitrogen functional groups attached to an aromatic ring is 1. The van der Waals surface area contributed by atoms with E-state index < -0.39 is 11.7 Å². The number of hydrogen-bond donors (Lipinski definition) is 2. The first-order valence-electron chi connectivity index (χ1n) is 18.3. The van der Waals surface area contributed by atoms with Crippen LogP contribution in [0.15, 0.2) is 67.4 Å². The number of nitrogens with one attached hydrogen (secondary N) is 1. The van der Waals surface area contributed by atoms with Gasteiger partial charge >= 0.3 is 6.09 Å². The average Bonchev–Trinajstić information content (AvgIpc) is 3.78. The maximum absolute atomic E-state index is 12.5. The molecule has 14 nitrogen and oxygen atoms in total. The lowest BCUT2D eigenvalue weighted by molar-refractivity contribution is -0.132. The van der Waals surface area contributed by atoms with Crippen LogP contribution < -0.4 is 11.1 Å². The van der Waals surface area contributed by atoms with Crippen LogP contribution in [-0.4, -0.2) is 68.3 Å². The van der Waals surface area contributed by atoms with Crippen molar-refractivity contribution in [1.29, 1.82) is 0 Å². The number of pyridine rings is 4. The summed E-state index contributed by atoms with van der Waals surface area (Å²) in [6.45, 7) is 11.5. The fourth-order valence-corrected chi connectivity index (χ4v) is 6.55. The van der Waals surface area contributed by atoms with Gasteiger partial charge in [0, 0.05) is 83.8 Å². The molecule has 2 amide bonds. The first-order chi connectivity index (χ1) is 26.7. The lowest BCUT2D eigenvalue weighted by Crippen LogP contribution is -2.38. The molecule has 1 saturated carbocycles. The zero-order chi connectivity index (χ0) is 40.1. The quantitative estimate of drug-likeness (QED) is 0.171. The van der Waals surface area contributed by atoms with Crippen LogP contribution in [0, 0.1) is 6.92 Å². The van der Waals surface area contributed by atoms with Crippen molar-refractivity contribution in [3.05, 3.63) is 94.5 Å². The fourth-order valence-electron chi connectivity index (χ4n) is 6.22. The number of nitrogens with two attached hydrogens (primary N) is 1. The van der Waals surface area contributed by atoms with Gasteiger partial charge in [0.1, 0.15) is 23.1 Å². The van der Waals surface area contributed by atoms with E-state index in [0.717, 1.165) is 52.2 Å². The molecule has 0 aromatic carbocycles. The van der Waals surface area contributed by atoms with Gasteiger partial charge in [0.25, 0.3) is 0 Å². The van der Waals surface area contributed by atoms with E-state index >= 15 is 0 Å². The largest absolute Gasteiger partial charge is 0.444 e. The molecule has 7 heterocycles. The first kappa shape index (κ1) is 42.5. The second-order valence-corrected chi connectivity index (χ2v) is 15.4. The van der Waals surface area contributed by atoms with Crippen molar-refractivity contribution in [2.45, 2.75) is 85.9 Å². The number of amides is 2. The number of anilines is 2. The topological polar surface area (TPSA) is 172 Å². The normalized spacial score (nSPS) is 13.3. The van der Waals surface area contributed by atoms with Crippen LogP contribution in [0.25, 0.3) is 33.5 Å². The number of carbonyl (C=O) groups is 2. The van der Waals surface area contributed by atoms with Gasteiger partial charge in [-0.05, 0) is 82.5 Å². The number of imidazole rings is 1. The molecule has 0 atom stereocenters. The molecule has 16 heteroatoms. The third-order valence-corrected chi connectivity index (χ3v) is 9.35. The van der Waals surface area contributed by atoms with E-state index in [9.17, 15) is 9.59 Å². The number of ether oxygens (including phenoxy) is 1. The Morgan fingerprint density at radius 3 is 2.26 bits per heavy atom. The summed E-state index contributed by atoms with van der Waals surface area (Å²) in [7, 11) is 1.90. The Morgan fingerprint density at radius 2 is 1.67 bits per heavy atom. The van der Waals surface area contributed by atoms with Crippen LogP contribution in [0.4, 0.5) is 16.4 Å². The molecule has 57 heavy (non-hydrogen) atoms. The maximum Gasteiger partial charge on any atom is 0.413 e. The van der Waals surface area contributed by atoms with Crippen molar-refractivity contribution in [2.24, 2.45) is 7.05 Å². The summed E-state index contributed by atoms with van der Waals surface area (Å²) >= 11 is 11.3. The number of aromatic nitrogens is 8. The molecular weight excluding hydrogens is 765 g/mol. The minimum Gasteiger partial charge on any atom is -0.444 e. The zero-order valence-electron chi connectivity index (χ0n) is 32.3. The van der Waals surface area contributed by atoms with Gasteiger partial charge < -0.3 is 19.9 Å². The molecule has 1 aliphatic heterocycles. The smallest absolute Gasteiger partial charge is 0.413 e. The first-order valence-corrected chi connectivity index (χ1v) is 19.1. The number of halogens is 2. The minimum atomic E-state index is -0.544. The lowest BCUT2D eigenvalue weighted by Gasteiger charge is -2.29.